The Labute approximate surface area is 241 Å². The lowest BCUT2D eigenvalue weighted by Crippen LogP contribution is -2.53. The second-order valence-electron chi connectivity index (χ2n) is 10.2. The fraction of sp³-hybridized carbons (Fsp3) is 0.367. The smallest absolute Gasteiger partial charge is 0.159 e. The number of hydrogen-bond donors (Lipinski definition) is 1. The molecule has 3 aromatic carbocycles. The highest BCUT2D eigenvalue weighted by Gasteiger charge is 2.41. The maximum Gasteiger partial charge on any atom is 0.159 e. The Morgan fingerprint density at radius 3 is 2.26 bits per heavy atom. The minimum absolute atomic E-state index is 0. The van der Waals surface area contributed by atoms with Gasteiger partial charge in [-0.15, -0.1) is 24.8 Å². The highest BCUT2D eigenvalue weighted by molar-refractivity contribution is 5.86. The standard InChI is InChI=1S/C30H33F2N3O2.2ClH/c31-26-11-10-25(20-27(26)32)30(22-35(18-19-37-30)28-9-5-4-6-23(28)21-36)14-17-34-15-12-29(33,13-16-34)24-7-2-1-3-8-24;;/h1-11,20-21H,12-19,22,33H2;2*1H. The Morgan fingerprint density at radius 2 is 1.56 bits per heavy atom. The molecule has 2 heterocycles. The molecule has 2 N–H and O–H groups in total. The van der Waals surface area contributed by atoms with Crippen LogP contribution in [0, 0.1) is 11.6 Å². The average Bonchev–Trinajstić information content (AvgIpc) is 2.95. The molecule has 0 amide bonds. The Morgan fingerprint density at radius 1 is 0.872 bits per heavy atom. The monoisotopic (exact) mass is 577 g/mol. The number of piperidine rings is 1. The number of likely N-dealkylation sites (tertiary alicyclic amines) is 1. The van der Waals surface area contributed by atoms with E-state index in [4.69, 9.17) is 10.5 Å². The summed E-state index contributed by atoms with van der Waals surface area (Å²) in [6, 6.07) is 21.7. The van der Waals surface area contributed by atoms with Crippen LogP contribution in [0.15, 0.2) is 72.8 Å². The van der Waals surface area contributed by atoms with Gasteiger partial charge >= 0.3 is 0 Å². The summed E-state index contributed by atoms with van der Waals surface area (Å²) in [5.74, 6) is -1.77. The lowest BCUT2D eigenvalue weighted by Gasteiger charge is -2.46. The van der Waals surface area contributed by atoms with E-state index in [1.165, 1.54) is 6.07 Å². The van der Waals surface area contributed by atoms with Gasteiger partial charge in [-0.2, -0.15) is 0 Å². The van der Waals surface area contributed by atoms with Gasteiger partial charge in [-0.3, -0.25) is 4.79 Å². The molecule has 5 nitrogen and oxygen atoms in total. The van der Waals surface area contributed by atoms with Gasteiger partial charge in [0.2, 0.25) is 0 Å². The van der Waals surface area contributed by atoms with Crippen LogP contribution >= 0.6 is 24.8 Å². The van der Waals surface area contributed by atoms with Crippen LogP contribution in [0.5, 0.6) is 0 Å². The molecule has 2 aliphatic rings. The first-order valence-corrected chi connectivity index (χ1v) is 12.9. The number of carbonyl (C=O) groups is 1. The zero-order valence-electron chi connectivity index (χ0n) is 21.7. The quantitative estimate of drug-likeness (QED) is 0.365. The summed E-state index contributed by atoms with van der Waals surface area (Å²) in [5.41, 5.74) is 8.77. The van der Waals surface area contributed by atoms with Crippen molar-refractivity contribution in [3.63, 3.8) is 0 Å². The molecule has 0 radical (unpaired) electrons. The predicted molar refractivity (Wildman–Crippen MR) is 155 cm³/mol. The van der Waals surface area contributed by atoms with Crippen LogP contribution in [0.4, 0.5) is 14.5 Å². The Bertz CT molecular complexity index is 1240. The van der Waals surface area contributed by atoms with E-state index in [2.05, 4.69) is 21.9 Å². The minimum Gasteiger partial charge on any atom is -0.367 e. The summed E-state index contributed by atoms with van der Waals surface area (Å²) in [6.07, 6.45) is 3.13. The fourth-order valence-corrected chi connectivity index (χ4v) is 5.69. The second kappa shape index (κ2) is 13.2. The molecule has 2 saturated heterocycles. The summed E-state index contributed by atoms with van der Waals surface area (Å²) in [5, 5.41) is 0. The van der Waals surface area contributed by atoms with Crippen molar-refractivity contribution in [3.8, 4) is 0 Å². The maximum atomic E-state index is 14.4. The molecule has 5 rings (SSSR count). The maximum absolute atomic E-state index is 14.4. The van der Waals surface area contributed by atoms with Gasteiger partial charge in [-0.05, 0) is 54.7 Å². The van der Waals surface area contributed by atoms with Crippen LogP contribution in [0.25, 0.3) is 0 Å². The zero-order chi connectivity index (χ0) is 25.9. The number of hydrogen-bond acceptors (Lipinski definition) is 5. The number of benzene rings is 3. The normalized spacial score (nSPS) is 20.9. The average molecular weight is 579 g/mol. The van der Waals surface area contributed by atoms with E-state index in [1.807, 2.05) is 36.4 Å². The molecular formula is C30H35Cl2F2N3O2. The van der Waals surface area contributed by atoms with Crippen LogP contribution in [-0.2, 0) is 15.9 Å². The number of halogens is 4. The number of carbonyl (C=O) groups excluding carboxylic acids is 1. The summed E-state index contributed by atoms with van der Waals surface area (Å²) >= 11 is 0. The number of nitrogens with two attached hydrogens (primary N) is 1. The lowest BCUT2D eigenvalue weighted by molar-refractivity contribution is -0.0726. The summed E-state index contributed by atoms with van der Waals surface area (Å²) in [6.45, 7) is 3.86. The summed E-state index contributed by atoms with van der Waals surface area (Å²) in [7, 11) is 0. The van der Waals surface area contributed by atoms with E-state index >= 15 is 0 Å². The van der Waals surface area contributed by atoms with Crippen LogP contribution < -0.4 is 10.6 Å². The third-order valence-electron chi connectivity index (χ3n) is 7.96. The summed E-state index contributed by atoms with van der Waals surface area (Å²) in [4.78, 5) is 16.2. The number of nitrogens with zero attached hydrogens (tertiary/aromatic N) is 2. The third kappa shape index (κ3) is 6.61. The van der Waals surface area contributed by atoms with Crippen molar-refractivity contribution in [1.29, 1.82) is 0 Å². The van der Waals surface area contributed by atoms with Crippen LogP contribution in [0.3, 0.4) is 0 Å². The molecule has 210 valence electrons. The predicted octanol–water partition coefficient (Wildman–Crippen LogP) is 5.69. The Balaban J connectivity index is 0.00000210. The van der Waals surface area contributed by atoms with Crippen LogP contribution in [-0.4, -0.2) is 50.5 Å². The third-order valence-corrected chi connectivity index (χ3v) is 7.96. The number of morpholine rings is 1. The minimum atomic E-state index is -0.889. The van der Waals surface area contributed by atoms with Gasteiger partial charge in [0.25, 0.3) is 0 Å². The van der Waals surface area contributed by atoms with E-state index in [9.17, 15) is 13.6 Å². The van der Waals surface area contributed by atoms with Gasteiger partial charge < -0.3 is 20.3 Å². The SMILES string of the molecule is Cl.Cl.NC1(c2ccccc2)CCN(CCC2(c3ccc(F)c(F)c3)CN(c3ccccc3C=O)CCO2)CC1. The highest BCUT2D eigenvalue weighted by atomic mass is 35.5. The molecule has 2 fully saturated rings. The lowest BCUT2D eigenvalue weighted by atomic mass is 9.81. The first-order valence-electron chi connectivity index (χ1n) is 12.9. The van der Waals surface area contributed by atoms with Gasteiger partial charge in [0, 0.05) is 43.0 Å². The van der Waals surface area contributed by atoms with Gasteiger partial charge in [0.15, 0.2) is 17.9 Å². The van der Waals surface area contributed by atoms with Crippen LogP contribution in [0.2, 0.25) is 0 Å². The van der Waals surface area contributed by atoms with Crippen molar-refractivity contribution in [1.82, 2.24) is 4.90 Å². The zero-order valence-corrected chi connectivity index (χ0v) is 23.4. The summed E-state index contributed by atoms with van der Waals surface area (Å²) < 4.78 is 34.6. The number of ether oxygens (including phenoxy) is 1. The molecular weight excluding hydrogens is 543 g/mol. The van der Waals surface area contributed by atoms with Crippen molar-refractivity contribution < 1.29 is 18.3 Å². The number of rotatable bonds is 7. The molecule has 2 aliphatic heterocycles. The number of aldehydes is 1. The van der Waals surface area contributed by atoms with E-state index in [0.717, 1.165) is 56.1 Å². The molecule has 0 saturated carbocycles. The van der Waals surface area contributed by atoms with Crippen molar-refractivity contribution >= 4 is 36.8 Å². The van der Waals surface area contributed by atoms with Crippen molar-refractivity contribution in [2.75, 3.05) is 44.2 Å². The molecule has 0 aliphatic carbocycles. The van der Waals surface area contributed by atoms with Gasteiger partial charge in [-0.1, -0.05) is 48.5 Å². The number of para-hydroxylation sites is 1. The molecule has 0 spiro atoms. The van der Waals surface area contributed by atoms with E-state index in [-0.39, 0.29) is 30.4 Å². The van der Waals surface area contributed by atoms with E-state index in [0.29, 0.717) is 37.2 Å². The first kappa shape index (κ1) is 31.0. The van der Waals surface area contributed by atoms with Gasteiger partial charge in [0.1, 0.15) is 5.60 Å². The molecule has 39 heavy (non-hydrogen) atoms. The molecule has 0 bridgehead atoms. The van der Waals surface area contributed by atoms with Crippen molar-refractivity contribution in [2.45, 2.75) is 30.4 Å². The second-order valence-corrected chi connectivity index (χ2v) is 10.2. The topological polar surface area (TPSA) is 58.8 Å². The molecule has 9 heteroatoms. The molecule has 1 unspecified atom stereocenters. The molecule has 3 aromatic rings. The molecule has 0 aromatic heterocycles. The number of anilines is 1. The largest absolute Gasteiger partial charge is 0.367 e. The van der Waals surface area contributed by atoms with Crippen molar-refractivity contribution in [3.05, 3.63) is 101 Å². The highest BCUT2D eigenvalue weighted by Crippen LogP contribution is 2.38. The Kier molecular flexibility index (Phi) is 10.5. The van der Waals surface area contributed by atoms with E-state index < -0.39 is 17.2 Å². The fourth-order valence-electron chi connectivity index (χ4n) is 5.69. The van der Waals surface area contributed by atoms with Crippen LogP contribution in [0.1, 0.15) is 40.7 Å². The first-order chi connectivity index (χ1) is 17.9. The van der Waals surface area contributed by atoms with Crippen molar-refractivity contribution in [2.24, 2.45) is 5.73 Å². The molecule has 1 atom stereocenters. The van der Waals surface area contributed by atoms with Gasteiger partial charge in [-0.25, -0.2) is 8.78 Å². The van der Waals surface area contributed by atoms with E-state index in [1.54, 1.807) is 12.1 Å². The Hall–Kier alpha value is -2.55. The van der Waals surface area contributed by atoms with Gasteiger partial charge in [0.05, 0.1) is 13.2 Å².